The Balaban J connectivity index is 1.53. The first-order chi connectivity index (χ1) is 18.6. The monoisotopic (exact) mass is 543 g/mol. The summed E-state index contributed by atoms with van der Waals surface area (Å²) < 4.78 is 65.7. The Hall–Kier alpha value is -4.29. The van der Waals surface area contributed by atoms with E-state index < -0.39 is 37.1 Å². The number of hydrogen-bond donors (Lipinski definition) is 0. The zero-order valence-electron chi connectivity index (χ0n) is 21.1. The molecule has 0 saturated carbocycles. The number of ether oxygens (including phenoxy) is 1. The summed E-state index contributed by atoms with van der Waals surface area (Å²) >= 11 is 0. The minimum atomic E-state index is -3.26. The molecule has 13 heteroatoms. The third-order valence-electron chi connectivity index (χ3n) is 6.80. The quantitative estimate of drug-likeness (QED) is 0.237. The van der Waals surface area contributed by atoms with Crippen molar-refractivity contribution in [2.75, 3.05) is 13.1 Å². The van der Waals surface area contributed by atoms with Crippen LogP contribution in [0.25, 0.3) is 22.3 Å². The first-order valence-corrected chi connectivity index (χ1v) is 12.2. The normalized spacial score (nSPS) is 17.9. The van der Waals surface area contributed by atoms with Crippen LogP contribution < -0.4 is 4.74 Å². The van der Waals surface area contributed by atoms with Gasteiger partial charge in [0, 0.05) is 18.3 Å². The highest BCUT2D eigenvalue weighted by atomic mass is 19.3. The molecule has 3 aromatic heterocycles. The van der Waals surface area contributed by atoms with Crippen LogP contribution in [0.1, 0.15) is 43.4 Å². The van der Waals surface area contributed by atoms with Gasteiger partial charge in [0.15, 0.2) is 0 Å². The van der Waals surface area contributed by atoms with Crippen molar-refractivity contribution in [3.8, 4) is 17.0 Å². The number of hydrogen-bond acceptors (Lipinski definition) is 6. The molecule has 0 radical (unpaired) electrons. The Morgan fingerprint density at radius 1 is 1.26 bits per heavy atom. The first-order valence-electron chi connectivity index (χ1n) is 12.2. The summed E-state index contributed by atoms with van der Waals surface area (Å²) in [6.45, 7) is 3.18. The number of halogens is 4. The van der Waals surface area contributed by atoms with E-state index in [0.29, 0.717) is 21.5 Å². The van der Waals surface area contributed by atoms with Gasteiger partial charge < -0.3 is 9.64 Å². The number of fused-ring (bicyclic) bond motifs is 1. The van der Waals surface area contributed by atoms with Crippen molar-refractivity contribution in [1.82, 2.24) is 34.4 Å². The highest BCUT2D eigenvalue weighted by Crippen LogP contribution is 2.40. The molecule has 0 spiro atoms. The Morgan fingerprint density at radius 3 is 2.72 bits per heavy atom. The number of benzene rings is 1. The summed E-state index contributed by atoms with van der Waals surface area (Å²) in [6, 6.07) is 7.02. The maximum Gasteiger partial charge on any atom is 0.320 e. The van der Waals surface area contributed by atoms with E-state index in [0.717, 1.165) is 22.0 Å². The Kier molecular flexibility index (Phi) is 6.83. The fourth-order valence-corrected chi connectivity index (χ4v) is 4.83. The molecule has 4 aromatic rings. The molecule has 5 rings (SSSR count). The van der Waals surface area contributed by atoms with Crippen LogP contribution in [0.4, 0.5) is 17.6 Å². The summed E-state index contributed by atoms with van der Waals surface area (Å²) in [5.74, 6) is -3.72. The summed E-state index contributed by atoms with van der Waals surface area (Å²) in [4.78, 5) is 21.3. The molecule has 0 aliphatic carbocycles. The summed E-state index contributed by atoms with van der Waals surface area (Å²) in [7, 11) is 0. The lowest BCUT2D eigenvalue weighted by atomic mass is 10.00. The SMILES string of the molecule is C=CC(=O)N1CCC(n2nnc(-c3cc(O[C@H](C)c4ccccn4)c4c(c3)ncn4C(F)F)c2C)C(F)(F)C1. The van der Waals surface area contributed by atoms with Gasteiger partial charge >= 0.3 is 6.55 Å². The van der Waals surface area contributed by atoms with E-state index in [2.05, 4.69) is 26.9 Å². The van der Waals surface area contributed by atoms with E-state index in [-0.39, 0.29) is 35.4 Å². The van der Waals surface area contributed by atoms with Gasteiger partial charge in [0.05, 0.1) is 23.4 Å². The average molecular weight is 544 g/mol. The fraction of sp³-hybridized carbons (Fsp3) is 0.346. The van der Waals surface area contributed by atoms with Gasteiger partial charge in [0.25, 0.3) is 5.92 Å². The number of imidazole rings is 1. The van der Waals surface area contributed by atoms with E-state index in [1.807, 2.05) is 0 Å². The van der Waals surface area contributed by atoms with Gasteiger partial charge in [-0.1, -0.05) is 17.9 Å². The highest BCUT2D eigenvalue weighted by Gasteiger charge is 2.48. The predicted octanol–water partition coefficient (Wildman–Crippen LogP) is 5.13. The molecule has 1 unspecified atom stereocenters. The van der Waals surface area contributed by atoms with Crippen molar-refractivity contribution < 1.29 is 27.1 Å². The smallest absolute Gasteiger partial charge is 0.320 e. The molecule has 1 fully saturated rings. The highest BCUT2D eigenvalue weighted by molar-refractivity contribution is 5.88. The van der Waals surface area contributed by atoms with E-state index in [1.54, 1.807) is 38.2 Å². The van der Waals surface area contributed by atoms with E-state index in [1.165, 1.54) is 12.1 Å². The van der Waals surface area contributed by atoms with Crippen LogP contribution in [-0.4, -0.2) is 59.3 Å². The summed E-state index contributed by atoms with van der Waals surface area (Å²) in [5.41, 5.74) is 1.92. The molecule has 0 bridgehead atoms. The number of amides is 1. The molecular formula is C26H25F4N7O2. The molecule has 1 aromatic carbocycles. The molecule has 1 saturated heterocycles. The van der Waals surface area contributed by atoms with Gasteiger partial charge in [-0.25, -0.2) is 18.4 Å². The molecule has 204 valence electrons. The summed E-state index contributed by atoms with van der Waals surface area (Å²) in [5, 5.41) is 8.18. The third kappa shape index (κ3) is 4.84. The van der Waals surface area contributed by atoms with Gasteiger partial charge in [0.2, 0.25) is 5.91 Å². The molecule has 9 nitrogen and oxygen atoms in total. The second kappa shape index (κ2) is 10.1. The second-order valence-electron chi connectivity index (χ2n) is 9.28. The van der Waals surface area contributed by atoms with Gasteiger partial charge in [-0.3, -0.25) is 14.3 Å². The molecule has 1 amide bonds. The molecule has 4 heterocycles. The van der Waals surface area contributed by atoms with E-state index in [9.17, 15) is 13.6 Å². The number of rotatable bonds is 7. The number of likely N-dealkylation sites (tertiary alicyclic amines) is 1. The van der Waals surface area contributed by atoms with Crippen LogP contribution in [0, 0.1) is 6.92 Å². The predicted molar refractivity (Wildman–Crippen MR) is 133 cm³/mol. The van der Waals surface area contributed by atoms with Crippen molar-refractivity contribution in [3.63, 3.8) is 0 Å². The van der Waals surface area contributed by atoms with E-state index >= 15 is 8.78 Å². The van der Waals surface area contributed by atoms with Crippen molar-refractivity contribution in [3.05, 3.63) is 66.9 Å². The van der Waals surface area contributed by atoms with Crippen molar-refractivity contribution >= 4 is 16.9 Å². The topological polar surface area (TPSA) is 91.0 Å². The number of carbonyl (C=O) groups excluding carboxylic acids is 1. The zero-order valence-corrected chi connectivity index (χ0v) is 21.1. The maximum atomic E-state index is 15.1. The molecule has 1 aliphatic heterocycles. The van der Waals surface area contributed by atoms with Crippen LogP contribution in [0.15, 0.2) is 55.5 Å². The lowest BCUT2D eigenvalue weighted by Crippen LogP contribution is -2.51. The molecule has 1 aliphatic rings. The zero-order chi connectivity index (χ0) is 27.9. The lowest BCUT2D eigenvalue weighted by Gasteiger charge is -2.38. The largest absolute Gasteiger partial charge is 0.482 e. The third-order valence-corrected chi connectivity index (χ3v) is 6.80. The van der Waals surface area contributed by atoms with Gasteiger partial charge in [-0.2, -0.15) is 8.78 Å². The number of carbonyl (C=O) groups is 1. The minimum Gasteiger partial charge on any atom is -0.482 e. The minimum absolute atomic E-state index is 0.0377. The fourth-order valence-electron chi connectivity index (χ4n) is 4.83. The molecule has 2 atom stereocenters. The Morgan fingerprint density at radius 2 is 2.05 bits per heavy atom. The Labute approximate surface area is 220 Å². The lowest BCUT2D eigenvalue weighted by molar-refractivity contribution is -0.144. The summed E-state index contributed by atoms with van der Waals surface area (Å²) in [6.07, 6.45) is 2.99. The van der Waals surface area contributed by atoms with Crippen LogP contribution in [0.3, 0.4) is 0 Å². The van der Waals surface area contributed by atoms with Crippen LogP contribution in [0.2, 0.25) is 0 Å². The van der Waals surface area contributed by atoms with E-state index in [4.69, 9.17) is 4.74 Å². The number of pyridine rings is 1. The average Bonchev–Trinajstić information content (AvgIpc) is 3.52. The standard InChI is InChI=1S/C26H25F4N7O2/c1-4-22(38)35-10-8-21(26(29,30)13-35)37-15(2)23(33-34-37)17-11-19-24(36(14-32-19)25(27)28)20(12-17)39-16(3)18-7-5-6-9-31-18/h4-7,9,11-12,14,16,21,25H,1,8,10,13H2,2-3H3/t16-,21?/m1/s1. The molecule has 0 N–H and O–H groups in total. The number of nitrogens with zero attached hydrogens (tertiary/aromatic N) is 7. The first kappa shape index (κ1) is 26.3. The number of aromatic nitrogens is 6. The molecule has 39 heavy (non-hydrogen) atoms. The van der Waals surface area contributed by atoms with Gasteiger partial charge in [-0.15, -0.1) is 5.10 Å². The van der Waals surface area contributed by atoms with Crippen LogP contribution >= 0.6 is 0 Å². The van der Waals surface area contributed by atoms with Crippen LogP contribution in [-0.2, 0) is 4.79 Å². The number of piperidine rings is 1. The number of alkyl halides is 4. The maximum absolute atomic E-state index is 15.1. The van der Waals surface area contributed by atoms with Gasteiger partial charge in [0.1, 0.15) is 35.4 Å². The van der Waals surface area contributed by atoms with Crippen molar-refractivity contribution in [1.29, 1.82) is 0 Å². The van der Waals surface area contributed by atoms with Crippen molar-refractivity contribution in [2.24, 2.45) is 0 Å². The van der Waals surface area contributed by atoms with Crippen molar-refractivity contribution in [2.45, 2.75) is 44.9 Å². The molecular weight excluding hydrogens is 518 g/mol. The van der Waals surface area contributed by atoms with Gasteiger partial charge in [-0.05, 0) is 50.6 Å². The van der Waals surface area contributed by atoms with Crippen LogP contribution in [0.5, 0.6) is 5.75 Å². The second-order valence-corrected chi connectivity index (χ2v) is 9.28. The Bertz CT molecular complexity index is 1520.